The maximum Gasteiger partial charge on any atom is 0.104 e. The van der Waals surface area contributed by atoms with Crippen LogP contribution in [-0.4, -0.2) is 6.54 Å². The number of aryl methyl sites for hydroxylation is 1. The molecular formula is C11H12Cl3N. The zero-order chi connectivity index (χ0) is 11.3. The van der Waals surface area contributed by atoms with Crippen LogP contribution in [0, 0.1) is 6.92 Å². The minimum absolute atomic E-state index is 0.287. The van der Waals surface area contributed by atoms with E-state index in [9.17, 15) is 0 Å². The predicted molar refractivity (Wildman–Crippen MR) is 67.7 cm³/mol. The van der Waals surface area contributed by atoms with E-state index in [2.05, 4.69) is 11.4 Å². The largest absolute Gasteiger partial charge is 0.309 e. The lowest BCUT2D eigenvalue weighted by molar-refractivity contribution is 0.759. The van der Waals surface area contributed by atoms with Crippen molar-refractivity contribution in [2.75, 3.05) is 6.54 Å². The highest BCUT2D eigenvalue weighted by Crippen LogP contribution is 2.16. The number of hydrogen-bond donors (Lipinski definition) is 1. The third-order valence-corrected chi connectivity index (χ3v) is 2.68. The molecule has 0 aromatic heterocycles. The Bertz CT molecular complexity index is 357. The fourth-order valence-electron chi connectivity index (χ4n) is 1.18. The van der Waals surface area contributed by atoms with Gasteiger partial charge in [0.1, 0.15) is 4.49 Å². The maximum absolute atomic E-state index is 5.92. The van der Waals surface area contributed by atoms with Crippen LogP contribution >= 0.6 is 34.8 Å². The van der Waals surface area contributed by atoms with E-state index in [1.165, 1.54) is 5.56 Å². The lowest BCUT2D eigenvalue weighted by Gasteiger charge is -2.04. The molecule has 0 amide bonds. The first-order chi connectivity index (χ1) is 7.09. The Morgan fingerprint density at radius 2 is 2.13 bits per heavy atom. The van der Waals surface area contributed by atoms with Gasteiger partial charge >= 0.3 is 0 Å². The van der Waals surface area contributed by atoms with Gasteiger partial charge in [-0.05, 0) is 30.2 Å². The van der Waals surface area contributed by atoms with Gasteiger partial charge in [0.05, 0.1) is 0 Å². The Balaban J connectivity index is 2.44. The molecule has 0 radical (unpaired) electrons. The second kappa shape index (κ2) is 6.39. The van der Waals surface area contributed by atoms with Crippen molar-refractivity contribution in [3.63, 3.8) is 0 Å². The summed E-state index contributed by atoms with van der Waals surface area (Å²) in [6.07, 6.45) is 1.71. The maximum atomic E-state index is 5.92. The Morgan fingerprint density at radius 3 is 2.73 bits per heavy atom. The topological polar surface area (TPSA) is 12.0 Å². The van der Waals surface area contributed by atoms with Crippen molar-refractivity contribution in [2.45, 2.75) is 13.5 Å². The van der Waals surface area contributed by atoms with Crippen LogP contribution in [0.4, 0.5) is 0 Å². The molecule has 0 heterocycles. The Kier molecular flexibility index (Phi) is 5.48. The Morgan fingerprint density at radius 1 is 1.40 bits per heavy atom. The molecule has 0 atom stereocenters. The van der Waals surface area contributed by atoms with Gasteiger partial charge in [-0.25, -0.2) is 0 Å². The van der Waals surface area contributed by atoms with Crippen LogP contribution in [0.25, 0.3) is 0 Å². The van der Waals surface area contributed by atoms with E-state index < -0.39 is 0 Å². The summed E-state index contributed by atoms with van der Waals surface area (Å²) in [4.78, 5) is 0. The van der Waals surface area contributed by atoms with Crippen LogP contribution in [0.2, 0.25) is 5.02 Å². The van der Waals surface area contributed by atoms with Crippen LogP contribution < -0.4 is 5.32 Å². The van der Waals surface area contributed by atoms with E-state index in [4.69, 9.17) is 34.8 Å². The Labute approximate surface area is 105 Å². The highest BCUT2D eigenvalue weighted by molar-refractivity contribution is 6.55. The molecule has 0 aliphatic rings. The molecule has 1 rings (SSSR count). The molecule has 0 aliphatic carbocycles. The van der Waals surface area contributed by atoms with E-state index in [-0.39, 0.29) is 4.49 Å². The standard InChI is InChI=1S/C11H12Cl3N/c1-8-6-9(2-3-10(8)12)7-15-5-4-11(13)14/h2-4,6,15H,5,7H2,1H3. The molecule has 0 unspecified atom stereocenters. The summed E-state index contributed by atoms with van der Waals surface area (Å²) in [6.45, 7) is 3.42. The lowest BCUT2D eigenvalue weighted by Crippen LogP contribution is -2.12. The van der Waals surface area contributed by atoms with Gasteiger partial charge < -0.3 is 5.32 Å². The van der Waals surface area contributed by atoms with E-state index >= 15 is 0 Å². The van der Waals surface area contributed by atoms with E-state index in [1.807, 2.05) is 19.1 Å². The second-order valence-corrected chi connectivity index (χ2v) is 4.62. The number of benzene rings is 1. The summed E-state index contributed by atoms with van der Waals surface area (Å²) < 4.78 is 0.287. The van der Waals surface area contributed by atoms with Gasteiger partial charge in [0.15, 0.2) is 0 Å². The van der Waals surface area contributed by atoms with Gasteiger partial charge in [-0.3, -0.25) is 0 Å². The van der Waals surface area contributed by atoms with E-state index in [0.29, 0.717) is 6.54 Å². The first-order valence-electron chi connectivity index (χ1n) is 4.56. The summed E-state index contributed by atoms with van der Waals surface area (Å²) in [6, 6.07) is 5.95. The van der Waals surface area contributed by atoms with Gasteiger partial charge in [0.2, 0.25) is 0 Å². The van der Waals surface area contributed by atoms with Crippen LogP contribution in [0.3, 0.4) is 0 Å². The van der Waals surface area contributed by atoms with Crippen LogP contribution in [-0.2, 0) is 6.54 Å². The molecule has 1 nitrogen and oxygen atoms in total. The van der Waals surface area contributed by atoms with Crippen molar-refractivity contribution < 1.29 is 0 Å². The molecule has 0 saturated carbocycles. The molecule has 0 bridgehead atoms. The third-order valence-electron chi connectivity index (χ3n) is 1.95. The number of rotatable bonds is 4. The monoisotopic (exact) mass is 263 g/mol. The van der Waals surface area contributed by atoms with Gasteiger partial charge in [0.25, 0.3) is 0 Å². The van der Waals surface area contributed by atoms with Crippen LogP contribution in [0.1, 0.15) is 11.1 Å². The smallest absolute Gasteiger partial charge is 0.104 e. The van der Waals surface area contributed by atoms with Crippen LogP contribution in [0.15, 0.2) is 28.8 Å². The van der Waals surface area contributed by atoms with Crippen molar-refractivity contribution in [3.8, 4) is 0 Å². The molecule has 15 heavy (non-hydrogen) atoms. The molecule has 4 heteroatoms. The fraction of sp³-hybridized carbons (Fsp3) is 0.273. The molecule has 0 spiro atoms. The number of halogens is 3. The average Bonchev–Trinajstić information content (AvgIpc) is 2.18. The average molecular weight is 265 g/mol. The quantitative estimate of drug-likeness (QED) is 0.809. The first-order valence-corrected chi connectivity index (χ1v) is 5.70. The number of nitrogens with one attached hydrogen (secondary N) is 1. The van der Waals surface area contributed by atoms with Gasteiger partial charge in [-0.15, -0.1) is 0 Å². The molecular weight excluding hydrogens is 252 g/mol. The van der Waals surface area contributed by atoms with Crippen molar-refractivity contribution in [1.29, 1.82) is 0 Å². The molecule has 1 aromatic rings. The summed E-state index contributed by atoms with van der Waals surface area (Å²) in [5, 5.41) is 3.99. The second-order valence-electron chi connectivity index (χ2n) is 3.21. The van der Waals surface area contributed by atoms with Crippen LogP contribution in [0.5, 0.6) is 0 Å². The summed E-state index contributed by atoms with van der Waals surface area (Å²) in [7, 11) is 0. The highest BCUT2D eigenvalue weighted by Gasteiger charge is 1.96. The Hall–Kier alpha value is -0.210. The SMILES string of the molecule is Cc1cc(CNCC=C(Cl)Cl)ccc1Cl. The zero-order valence-corrected chi connectivity index (χ0v) is 10.6. The van der Waals surface area contributed by atoms with Crippen molar-refractivity contribution in [2.24, 2.45) is 0 Å². The number of hydrogen-bond acceptors (Lipinski definition) is 1. The highest BCUT2D eigenvalue weighted by atomic mass is 35.5. The molecule has 1 N–H and O–H groups in total. The van der Waals surface area contributed by atoms with Gasteiger partial charge in [-0.1, -0.05) is 46.9 Å². The summed E-state index contributed by atoms with van der Waals surface area (Å²) in [5.41, 5.74) is 2.28. The normalized spacial score (nSPS) is 10.1. The summed E-state index contributed by atoms with van der Waals surface area (Å²) in [5.74, 6) is 0. The third kappa shape index (κ3) is 4.89. The molecule has 1 aromatic carbocycles. The molecule has 0 saturated heterocycles. The zero-order valence-electron chi connectivity index (χ0n) is 8.36. The minimum Gasteiger partial charge on any atom is -0.309 e. The lowest BCUT2D eigenvalue weighted by atomic mass is 10.1. The van der Waals surface area contributed by atoms with Crippen molar-refractivity contribution in [3.05, 3.63) is 44.9 Å². The van der Waals surface area contributed by atoms with E-state index in [1.54, 1.807) is 6.08 Å². The van der Waals surface area contributed by atoms with E-state index in [0.717, 1.165) is 17.1 Å². The predicted octanol–water partition coefficient (Wildman–Crippen LogP) is 4.06. The molecule has 0 aliphatic heterocycles. The fourth-order valence-corrected chi connectivity index (χ4v) is 1.45. The van der Waals surface area contributed by atoms with Gasteiger partial charge in [-0.2, -0.15) is 0 Å². The molecule has 0 fully saturated rings. The van der Waals surface area contributed by atoms with Gasteiger partial charge in [0, 0.05) is 18.1 Å². The summed E-state index contributed by atoms with van der Waals surface area (Å²) >= 11 is 16.9. The minimum atomic E-state index is 0.287. The first kappa shape index (κ1) is 12.9. The van der Waals surface area contributed by atoms with Crippen molar-refractivity contribution in [1.82, 2.24) is 5.32 Å². The van der Waals surface area contributed by atoms with Crippen molar-refractivity contribution >= 4 is 34.8 Å². The molecule has 82 valence electrons.